The van der Waals surface area contributed by atoms with Crippen LogP contribution in [-0.2, 0) is 4.74 Å². The summed E-state index contributed by atoms with van der Waals surface area (Å²) in [6.45, 7) is 10.6. The molecule has 0 aromatic heterocycles. The van der Waals surface area contributed by atoms with Gasteiger partial charge in [-0.15, -0.1) is 0 Å². The van der Waals surface area contributed by atoms with E-state index in [2.05, 4.69) is 57.3 Å². The van der Waals surface area contributed by atoms with Crippen LogP contribution in [-0.4, -0.2) is 18.7 Å². The minimum Gasteiger partial charge on any atom is -0.372 e. The molecule has 1 saturated heterocycles. The molecule has 0 bridgehead atoms. The Bertz CT molecular complexity index is 381. The van der Waals surface area contributed by atoms with E-state index in [0.717, 1.165) is 19.6 Å². The molecule has 2 rings (SSSR count). The monoisotopic (exact) mass is 247 g/mol. The Morgan fingerprint density at radius 3 is 2.50 bits per heavy atom. The third-order valence-corrected chi connectivity index (χ3v) is 3.79. The zero-order chi connectivity index (χ0) is 13.2. The average Bonchev–Trinajstić information content (AvgIpc) is 2.50. The van der Waals surface area contributed by atoms with Gasteiger partial charge < -0.3 is 10.1 Å². The maximum absolute atomic E-state index is 5.96. The van der Waals surface area contributed by atoms with Crippen LogP contribution in [0.15, 0.2) is 24.3 Å². The number of ether oxygens (including phenoxy) is 1. The van der Waals surface area contributed by atoms with Gasteiger partial charge >= 0.3 is 0 Å². The molecule has 0 spiro atoms. The van der Waals surface area contributed by atoms with Crippen molar-refractivity contribution in [1.82, 2.24) is 5.32 Å². The first-order valence-electron chi connectivity index (χ1n) is 6.94. The fourth-order valence-electron chi connectivity index (χ4n) is 2.28. The van der Waals surface area contributed by atoms with E-state index in [-0.39, 0.29) is 11.6 Å². The normalized spacial score (nSPS) is 23.9. The Kier molecular flexibility index (Phi) is 4.08. The number of nitrogens with one attached hydrogen (secondary N) is 1. The van der Waals surface area contributed by atoms with Crippen LogP contribution in [0.1, 0.15) is 57.3 Å². The van der Waals surface area contributed by atoms with Gasteiger partial charge in [-0.2, -0.15) is 0 Å². The molecule has 0 radical (unpaired) electrons. The molecule has 0 saturated carbocycles. The highest BCUT2D eigenvalue weighted by molar-refractivity contribution is 5.26. The van der Waals surface area contributed by atoms with Crippen LogP contribution < -0.4 is 5.32 Å². The van der Waals surface area contributed by atoms with E-state index in [1.807, 2.05) is 0 Å². The van der Waals surface area contributed by atoms with Crippen molar-refractivity contribution in [1.29, 1.82) is 0 Å². The van der Waals surface area contributed by atoms with Gasteiger partial charge in [0.15, 0.2) is 0 Å². The molecule has 1 aliphatic rings. The Morgan fingerprint density at radius 2 is 1.89 bits per heavy atom. The van der Waals surface area contributed by atoms with Crippen molar-refractivity contribution in [3.63, 3.8) is 0 Å². The fraction of sp³-hybridized carbons (Fsp3) is 0.625. The molecule has 1 aliphatic heterocycles. The molecule has 0 aliphatic carbocycles. The summed E-state index contributed by atoms with van der Waals surface area (Å²) in [7, 11) is 0. The van der Waals surface area contributed by atoms with Crippen LogP contribution in [0.4, 0.5) is 0 Å². The summed E-state index contributed by atoms with van der Waals surface area (Å²) >= 11 is 0. The highest BCUT2D eigenvalue weighted by Crippen LogP contribution is 2.24. The third kappa shape index (κ3) is 3.33. The molecular formula is C16H25NO. The van der Waals surface area contributed by atoms with E-state index in [0.29, 0.717) is 5.92 Å². The van der Waals surface area contributed by atoms with Gasteiger partial charge in [-0.3, -0.25) is 0 Å². The molecule has 1 N–H and O–H groups in total. The first-order valence-corrected chi connectivity index (χ1v) is 6.94. The zero-order valence-electron chi connectivity index (χ0n) is 12.0. The lowest BCUT2D eigenvalue weighted by molar-refractivity contribution is 0.0656. The van der Waals surface area contributed by atoms with Crippen LogP contribution in [0.5, 0.6) is 0 Å². The summed E-state index contributed by atoms with van der Waals surface area (Å²) in [6.07, 6.45) is 1.25. The standard InChI is InChI=1S/C16H25NO/c1-12(2)13-5-7-14(8-6-13)15-11-17-16(3,4)9-10-18-15/h5-8,12,15,17H,9-11H2,1-4H3. The van der Waals surface area contributed by atoms with Gasteiger partial charge in [0.25, 0.3) is 0 Å². The number of rotatable bonds is 2. The van der Waals surface area contributed by atoms with Gasteiger partial charge in [0, 0.05) is 18.7 Å². The average molecular weight is 247 g/mol. The number of hydrogen-bond donors (Lipinski definition) is 1. The van der Waals surface area contributed by atoms with E-state index in [1.54, 1.807) is 0 Å². The maximum atomic E-state index is 5.96. The van der Waals surface area contributed by atoms with E-state index in [4.69, 9.17) is 4.74 Å². The topological polar surface area (TPSA) is 21.3 Å². The van der Waals surface area contributed by atoms with Gasteiger partial charge in [-0.1, -0.05) is 38.1 Å². The molecule has 0 amide bonds. The molecule has 18 heavy (non-hydrogen) atoms. The number of hydrogen-bond acceptors (Lipinski definition) is 2. The van der Waals surface area contributed by atoms with Gasteiger partial charge in [0.1, 0.15) is 0 Å². The van der Waals surface area contributed by atoms with Gasteiger partial charge in [-0.25, -0.2) is 0 Å². The molecule has 1 fully saturated rings. The van der Waals surface area contributed by atoms with Crippen molar-refractivity contribution in [3.8, 4) is 0 Å². The lowest BCUT2D eigenvalue weighted by atomic mass is 9.99. The second kappa shape index (κ2) is 5.41. The molecule has 2 nitrogen and oxygen atoms in total. The molecule has 2 heteroatoms. The van der Waals surface area contributed by atoms with Crippen LogP contribution in [0.2, 0.25) is 0 Å². The second-order valence-electron chi connectivity index (χ2n) is 6.20. The van der Waals surface area contributed by atoms with Crippen molar-refractivity contribution >= 4 is 0 Å². The predicted molar refractivity (Wildman–Crippen MR) is 75.9 cm³/mol. The van der Waals surface area contributed by atoms with Crippen LogP contribution in [0.25, 0.3) is 0 Å². The van der Waals surface area contributed by atoms with Gasteiger partial charge in [-0.05, 0) is 37.3 Å². The predicted octanol–water partition coefficient (Wildman–Crippen LogP) is 3.64. The zero-order valence-corrected chi connectivity index (χ0v) is 12.0. The molecule has 1 aromatic carbocycles. The minimum absolute atomic E-state index is 0.187. The van der Waals surface area contributed by atoms with Crippen molar-refractivity contribution in [2.75, 3.05) is 13.2 Å². The van der Waals surface area contributed by atoms with Crippen LogP contribution in [0.3, 0.4) is 0 Å². The second-order valence-corrected chi connectivity index (χ2v) is 6.20. The fourth-order valence-corrected chi connectivity index (χ4v) is 2.28. The first-order chi connectivity index (χ1) is 8.48. The van der Waals surface area contributed by atoms with E-state index >= 15 is 0 Å². The summed E-state index contributed by atoms with van der Waals surface area (Å²) < 4.78 is 5.96. The van der Waals surface area contributed by atoms with E-state index in [9.17, 15) is 0 Å². The first kappa shape index (κ1) is 13.6. The van der Waals surface area contributed by atoms with Crippen molar-refractivity contribution < 1.29 is 4.74 Å². The lowest BCUT2D eigenvalue weighted by Crippen LogP contribution is -2.39. The third-order valence-electron chi connectivity index (χ3n) is 3.79. The Balaban J connectivity index is 2.07. The smallest absolute Gasteiger partial charge is 0.0949 e. The lowest BCUT2D eigenvalue weighted by Gasteiger charge is -2.23. The van der Waals surface area contributed by atoms with Crippen molar-refractivity contribution in [2.24, 2.45) is 0 Å². The molecule has 100 valence electrons. The molecule has 1 atom stereocenters. The quantitative estimate of drug-likeness (QED) is 0.861. The summed E-state index contributed by atoms with van der Waals surface area (Å²) in [5, 5.41) is 3.58. The molecular weight excluding hydrogens is 222 g/mol. The SMILES string of the molecule is CC(C)c1ccc(C2CNC(C)(C)CCO2)cc1. The molecule has 1 unspecified atom stereocenters. The van der Waals surface area contributed by atoms with E-state index < -0.39 is 0 Å². The summed E-state index contributed by atoms with van der Waals surface area (Å²) in [5.74, 6) is 0.589. The van der Waals surface area contributed by atoms with Crippen molar-refractivity contribution in [3.05, 3.63) is 35.4 Å². The van der Waals surface area contributed by atoms with Gasteiger partial charge in [0.05, 0.1) is 6.10 Å². The minimum atomic E-state index is 0.187. The summed E-state index contributed by atoms with van der Waals surface area (Å²) in [4.78, 5) is 0. The number of benzene rings is 1. The Hall–Kier alpha value is -0.860. The summed E-state index contributed by atoms with van der Waals surface area (Å²) in [5.41, 5.74) is 2.86. The van der Waals surface area contributed by atoms with E-state index in [1.165, 1.54) is 11.1 Å². The molecule has 1 aromatic rings. The summed E-state index contributed by atoms with van der Waals surface area (Å²) in [6, 6.07) is 8.86. The maximum Gasteiger partial charge on any atom is 0.0949 e. The van der Waals surface area contributed by atoms with Crippen molar-refractivity contribution in [2.45, 2.75) is 51.7 Å². The Morgan fingerprint density at radius 1 is 1.22 bits per heavy atom. The highest BCUT2D eigenvalue weighted by Gasteiger charge is 2.24. The van der Waals surface area contributed by atoms with Gasteiger partial charge in [0.2, 0.25) is 0 Å². The Labute approximate surface area is 111 Å². The van der Waals surface area contributed by atoms with Crippen LogP contribution >= 0.6 is 0 Å². The largest absolute Gasteiger partial charge is 0.372 e. The van der Waals surface area contributed by atoms with Crippen LogP contribution in [0, 0.1) is 0 Å². The highest BCUT2D eigenvalue weighted by atomic mass is 16.5. The molecule has 1 heterocycles.